The second-order valence-electron chi connectivity index (χ2n) is 3.18. The number of para-hydroxylation sites is 1. The molecule has 1 heterocycles. The highest BCUT2D eigenvalue weighted by atomic mass is 32.2. The van der Waals surface area contributed by atoms with Gasteiger partial charge in [0.15, 0.2) is 11.6 Å². The van der Waals surface area contributed by atoms with Crippen LogP contribution in [0.1, 0.15) is 0 Å². The Morgan fingerprint density at radius 1 is 1.28 bits per heavy atom. The van der Waals surface area contributed by atoms with Gasteiger partial charge < -0.3 is 4.18 Å². The summed E-state index contributed by atoms with van der Waals surface area (Å²) >= 11 is 0.650. The third-order valence-corrected chi connectivity index (χ3v) is 2.73. The molecule has 0 saturated heterocycles. The zero-order valence-electron chi connectivity index (χ0n) is 8.95. The molecule has 5 nitrogen and oxygen atoms in total. The van der Waals surface area contributed by atoms with E-state index in [2.05, 4.69) is 4.98 Å². The monoisotopic (exact) mass is 266 g/mol. The van der Waals surface area contributed by atoms with Crippen molar-refractivity contribution >= 4 is 17.7 Å². The fourth-order valence-corrected chi connectivity index (χ4v) is 1.82. The van der Waals surface area contributed by atoms with Crippen LogP contribution in [-0.4, -0.2) is 9.91 Å². The van der Waals surface area contributed by atoms with Crippen molar-refractivity contribution in [1.82, 2.24) is 4.98 Å². The van der Waals surface area contributed by atoms with E-state index < -0.39 is 10.7 Å². The molecule has 18 heavy (non-hydrogen) atoms. The Morgan fingerprint density at radius 2 is 2.06 bits per heavy atom. The molecule has 0 unspecified atom stereocenters. The van der Waals surface area contributed by atoms with Gasteiger partial charge in [-0.3, -0.25) is 10.1 Å². The van der Waals surface area contributed by atoms with Crippen molar-refractivity contribution in [3.63, 3.8) is 0 Å². The van der Waals surface area contributed by atoms with Crippen LogP contribution in [0, 0.1) is 15.9 Å². The van der Waals surface area contributed by atoms with E-state index in [0.717, 1.165) is 0 Å². The van der Waals surface area contributed by atoms with Gasteiger partial charge in [0.25, 0.3) is 0 Å². The number of nitro groups is 1. The second-order valence-corrected chi connectivity index (χ2v) is 3.90. The Labute approximate surface area is 106 Å². The second kappa shape index (κ2) is 5.46. The van der Waals surface area contributed by atoms with E-state index in [1.54, 1.807) is 6.07 Å². The third kappa shape index (κ3) is 2.75. The molecular weight excluding hydrogens is 259 g/mol. The molecule has 0 fully saturated rings. The Morgan fingerprint density at radius 3 is 2.78 bits per heavy atom. The van der Waals surface area contributed by atoms with Gasteiger partial charge in [-0.25, -0.2) is 9.37 Å². The minimum absolute atomic E-state index is 0.00227. The number of benzene rings is 1. The van der Waals surface area contributed by atoms with E-state index in [1.165, 1.54) is 36.5 Å². The summed E-state index contributed by atoms with van der Waals surface area (Å²) < 4.78 is 18.3. The molecule has 0 radical (unpaired) electrons. The number of hydrogen-bond donors (Lipinski definition) is 0. The maximum atomic E-state index is 13.3. The number of rotatable bonds is 4. The molecule has 0 N–H and O–H groups in total. The number of nitrogens with zero attached hydrogens (tertiary/aromatic N) is 2. The van der Waals surface area contributed by atoms with Crippen LogP contribution in [-0.2, 0) is 0 Å². The number of pyridine rings is 1. The normalized spacial score (nSPS) is 10.1. The Balaban J connectivity index is 2.16. The lowest BCUT2D eigenvalue weighted by molar-refractivity contribution is -0.388. The molecule has 1 aromatic heterocycles. The average molecular weight is 266 g/mol. The number of halogens is 1. The molecule has 2 rings (SSSR count). The molecule has 92 valence electrons. The van der Waals surface area contributed by atoms with E-state index >= 15 is 0 Å². The molecule has 0 aliphatic heterocycles. The summed E-state index contributed by atoms with van der Waals surface area (Å²) in [6.45, 7) is 0. The van der Waals surface area contributed by atoms with E-state index in [9.17, 15) is 14.5 Å². The van der Waals surface area contributed by atoms with E-state index in [0.29, 0.717) is 12.0 Å². The van der Waals surface area contributed by atoms with Gasteiger partial charge in [0.1, 0.15) is 12.0 Å². The first-order valence-electron chi connectivity index (χ1n) is 4.87. The first-order chi connectivity index (χ1) is 8.68. The van der Waals surface area contributed by atoms with Gasteiger partial charge in [-0.05, 0) is 18.2 Å². The van der Waals surface area contributed by atoms with Crippen molar-refractivity contribution in [3.8, 4) is 5.75 Å². The van der Waals surface area contributed by atoms with Gasteiger partial charge in [-0.15, -0.1) is 0 Å². The fourth-order valence-electron chi connectivity index (χ4n) is 1.18. The number of aromatic nitrogens is 1. The molecule has 2 aromatic rings. The van der Waals surface area contributed by atoms with Crippen LogP contribution in [0.4, 0.5) is 10.1 Å². The maximum absolute atomic E-state index is 13.3. The number of hydrogen-bond acceptors (Lipinski definition) is 5. The van der Waals surface area contributed by atoms with Crippen LogP contribution in [0.2, 0.25) is 0 Å². The first-order valence-corrected chi connectivity index (χ1v) is 5.61. The molecule has 1 aromatic carbocycles. The van der Waals surface area contributed by atoms with E-state index in [-0.39, 0.29) is 16.5 Å². The van der Waals surface area contributed by atoms with Gasteiger partial charge >= 0.3 is 5.69 Å². The summed E-state index contributed by atoms with van der Waals surface area (Å²) in [5.41, 5.74) is -0.182. The minimum atomic E-state index is -0.569. The van der Waals surface area contributed by atoms with Crippen molar-refractivity contribution in [2.45, 2.75) is 5.03 Å². The standard InChI is InChI=1S/C11H7FN2O3S/c12-8-4-1-2-6-10(8)17-18-11-9(14(15)16)5-3-7-13-11/h1-7H. The van der Waals surface area contributed by atoms with Crippen molar-refractivity contribution in [2.24, 2.45) is 0 Å². The minimum Gasteiger partial charge on any atom is -0.416 e. The molecule has 0 saturated carbocycles. The van der Waals surface area contributed by atoms with Gasteiger partial charge in [0.2, 0.25) is 5.03 Å². The van der Waals surface area contributed by atoms with Crippen molar-refractivity contribution in [1.29, 1.82) is 0 Å². The van der Waals surface area contributed by atoms with Crippen LogP contribution in [0.25, 0.3) is 0 Å². The summed E-state index contributed by atoms with van der Waals surface area (Å²) in [4.78, 5) is 14.0. The van der Waals surface area contributed by atoms with Gasteiger partial charge in [0, 0.05) is 12.3 Å². The Bertz CT molecular complexity index is 580. The Kier molecular flexibility index (Phi) is 3.73. The highest BCUT2D eigenvalue weighted by Crippen LogP contribution is 2.29. The highest BCUT2D eigenvalue weighted by molar-refractivity contribution is 7.95. The molecule has 0 aliphatic rings. The molecule has 0 spiro atoms. The first kappa shape index (κ1) is 12.3. The highest BCUT2D eigenvalue weighted by Gasteiger charge is 2.16. The van der Waals surface area contributed by atoms with Crippen LogP contribution >= 0.6 is 12.0 Å². The fraction of sp³-hybridized carbons (Fsp3) is 0. The van der Waals surface area contributed by atoms with Crippen molar-refractivity contribution < 1.29 is 13.5 Å². The predicted molar refractivity (Wildman–Crippen MR) is 63.8 cm³/mol. The summed E-state index contributed by atoms with van der Waals surface area (Å²) in [7, 11) is 0. The lowest BCUT2D eigenvalue weighted by Crippen LogP contribution is -1.94. The lowest BCUT2D eigenvalue weighted by atomic mass is 10.3. The predicted octanol–water partition coefficient (Wildman–Crippen LogP) is 3.22. The molecular formula is C11H7FN2O3S. The summed E-state index contributed by atoms with van der Waals surface area (Å²) in [6, 6.07) is 8.55. The largest absolute Gasteiger partial charge is 0.416 e. The van der Waals surface area contributed by atoms with Gasteiger partial charge in [0.05, 0.1) is 4.92 Å². The quantitative estimate of drug-likeness (QED) is 0.483. The van der Waals surface area contributed by atoms with Gasteiger partial charge in [-0.1, -0.05) is 12.1 Å². The smallest absolute Gasteiger partial charge is 0.304 e. The SMILES string of the molecule is O=[N+]([O-])c1cccnc1SOc1ccccc1F. The average Bonchev–Trinajstić information content (AvgIpc) is 2.38. The molecule has 0 amide bonds. The summed E-state index contributed by atoms with van der Waals surface area (Å²) in [5.74, 6) is -0.536. The summed E-state index contributed by atoms with van der Waals surface area (Å²) in [5, 5.41) is 10.8. The van der Waals surface area contributed by atoms with E-state index in [1.807, 2.05) is 0 Å². The van der Waals surface area contributed by atoms with Crippen LogP contribution in [0.5, 0.6) is 5.75 Å². The Hall–Kier alpha value is -2.15. The summed E-state index contributed by atoms with van der Waals surface area (Å²) in [6.07, 6.45) is 1.40. The van der Waals surface area contributed by atoms with Crippen LogP contribution in [0.15, 0.2) is 47.6 Å². The molecule has 7 heteroatoms. The zero-order valence-corrected chi connectivity index (χ0v) is 9.76. The van der Waals surface area contributed by atoms with Crippen molar-refractivity contribution in [3.05, 3.63) is 58.5 Å². The maximum Gasteiger partial charge on any atom is 0.304 e. The molecule has 0 atom stereocenters. The van der Waals surface area contributed by atoms with Gasteiger partial charge in [-0.2, -0.15) is 0 Å². The molecule has 0 aliphatic carbocycles. The van der Waals surface area contributed by atoms with E-state index in [4.69, 9.17) is 4.18 Å². The van der Waals surface area contributed by atoms with Crippen LogP contribution in [0.3, 0.4) is 0 Å². The molecule has 0 bridgehead atoms. The van der Waals surface area contributed by atoms with Crippen molar-refractivity contribution in [2.75, 3.05) is 0 Å². The van der Waals surface area contributed by atoms with Crippen LogP contribution < -0.4 is 4.18 Å². The topological polar surface area (TPSA) is 65.3 Å². The lowest BCUT2D eigenvalue weighted by Gasteiger charge is -2.04. The zero-order chi connectivity index (χ0) is 13.0. The third-order valence-electron chi connectivity index (χ3n) is 1.99.